The highest BCUT2D eigenvalue weighted by atomic mass is 16.6. The second-order valence-corrected chi connectivity index (χ2v) is 2.85. The Morgan fingerprint density at radius 3 is 2.93 bits per heavy atom. The third kappa shape index (κ3) is 1.21. The number of primary amides is 1. The molecule has 72 valence electrons. The van der Waals surface area contributed by atoms with Crippen LogP contribution in [0.2, 0.25) is 0 Å². The minimum absolute atomic E-state index is 0.369. The molecule has 4 nitrogen and oxygen atoms in total. The molecule has 0 saturated carbocycles. The van der Waals surface area contributed by atoms with Crippen LogP contribution in [0.1, 0.15) is 10.4 Å². The monoisotopic (exact) mass is 191 g/mol. The van der Waals surface area contributed by atoms with E-state index in [4.69, 9.17) is 14.9 Å². The summed E-state index contributed by atoms with van der Waals surface area (Å²) < 4.78 is 10.2. The molecule has 0 unspecified atom stereocenters. The molecule has 1 heterocycles. The number of methoxy groups -OCH3 is 1. The van der Waals surface area contributed by atoms with Crippen LogP contribution in [-0.4, -0.2) is 13.0 Å². The van der Waals surface area contributed by atoms with E-state index in [1.165, 1.54) is 7.11 Å². The second-order valence-electron chi connectivity index (χ2n) is 2.85. The summed E-state index contributed by atoms with van der Waals surface area (Å²) in [5.74, 6) is -0.104. The minimum Gasteiger partial charge on any atom is -0.468 e. The number of fused-ring (bicyclic) bond motifs is 1. The third-order valence-corrected chi connectivity index (χ3v) is 2.01. The Balaban J connectivity index is 2.73. The zero-order chi connectivity index (χ0) is 10.1. The second kappa shape index (κ2) is 3.06. The zero-order valence-electron chi connectivity index (χ0n) is 7.61. The number of amides is 1. The molecule has 0 aliphatic rings. The number of carbonyl (C=O) groups excluding carboxylic acids is 1. The van der Waals surface area contributed by atoms with Gasteiger partial charge in [-0.05, 0) is 12.1 Å². The van der Waals surface area contributed by atoms with E-state index in [0.29, 0.717) is 22.5 Å². The van der Waals surface area contributed by atoms with Gasteiger partial charge in [0.25, 0.3) is 5.95 Å². The highest BCUT2D eigenvalue weighted by Gasteiger charge is 2.10. The van der Waals surface area contributed by atoms with Gasteiger partial charge in [0, 0.05) is 11.5 Å². The Morgan fingerprint density at radius 2 is 2.29 bits per heavy atom. The van der Waals surface area contributed by atoms with E-state index in [1.54, 1.807) is 24.3 Å². The van der Waals surface area contributed by atoms with Gasteiger partial charge in [0.1, 0.15) is 5.58 Å². The van der Waals surface area contributed by atoms with Crippen LogP contribution in [0.15, 0.2) is 28.7 Å². The van der Waals surface area contributed by atoms with E-state index in [-0.39, 0.29) is 0 Å². The summed E-state index contributed by atoms with van der Waals surface area (Å²) in [6, 6.07) is 6.77. The molecule has 0 radical (unpaired) electrons. The number of hydrogen-bond acceptors (Lipinski definition) is 3. The van der Waals surface area contributed by atoms with Gasteiger partial charge in [0.05, 0.1) is 12.7 Å². The first-order chi connectivity index (χ1) is 6.72. The molecule has 0 fully saturated rings. The van der Waals surface area contributed by atoms with Crippen molar-refractivity contribution in [3.63, 3.8) is 0 Å². The van der Waals surface area contributed by atoms with E-state index in [9.17, 15) is 4.79 Å². The lowest BCUT2D eigenvalue weighted by molar-refractivity contribution is 0.100. The molecule has 2 aromatic rings. The Labute approximate surface area is 80.3 Å². The lowest BCUT2D eigenvalue weighted by Gasteiger charge is -1.94. The van der Waals surface area contributed by atoms with E-state index < -0.39 is 5.91 Å². The van der Waals surface area contributed by atoms with Crippen molar-refractivity contribution in [2.45, 2.75) is 0 Å². The molecular weight excluding hydrogens is 182 g/mol. The van der Waals surface area contributed by atoms with Crippen molar-refractivity contribution in [1.29, 1.82) is 0 Å². The quantitative estimate of drug-likeness (QED) is 0.782. The summed E-state index contributed by atoms with van der Waals surface area (Å²) in [5, 5.41) is 0.678. The Bertz CT molecular complexity index is 487. The fourth-order valence-corrected chi connectivity index (χ4v) is 1.35. The van der Waals surface area contributed by atoms with Crippen molar-refractivity contribution in [3.8, 4) is 5.95 Å². The Hall–Kier alpha value is -1.97. The van der Waals surface area contributed by atoms with Crippen molar-refractivity contribution in [2.75, 3.05) is 7.11 Å². The predicted octanol–water partition coefficient (Wildman–Crippen LogP) is 1.54. The number of carbonyl (C=O) groups is 1. The van der Waals surface area contributed by atoms with Crippen LogP contribution in [0.5, 0.6) is 5.95 Å². The topological polar surface area (TPSA) is 65.5 Å². The molecule has 0 bridgehead atoms. The number of furan rings is 1. The van der Waals surface area contributed by atoms with E-state index in [1.807, 2.05) is 0 Å². The van der Waals surface area contributed by atoms with Gasteiger partial charge in [-0.3, -0.25) is 4.79 Å². The maximum Gasteiger partial charge on any atom is 0.285 e. The normalized spacial score (nSPS) is 10.4. The van der Waals surface area contributed by atoms with Crippen LogP contribution in [0.25, 0.3) is 11.0 Å². The van der Waals surface area contributed by atoms with Gasteiger partial charge >= 0.3 is 0 Å². The van der Waals surface area contributed by atoms with Gasteiger partial charge < -0.3 is 14.9 Å². The smallest absolute Gasteiger partial charge is 0.285 e. The number of hydrogen-bond donors (Lipinski definition) is 1. The molecule has 4 heteroatoms. The molecule has 2 N–H and O–H groups in total. The number of rotatable bonds is 2. The van der Waals surface area contributed by atoms with Gasteiger partial charge in [0.15, 0.2) is 0 Å². The molecule has 0 atom stereocenters. The molecule has 2 rings (SSSR count). The zero-order valence-corrected chi connectivity index (χ0v) is 7.61. The fourth-order valence-electron chi connectivity index (χ4n) is 1.35. The van der Waals surface area contributed by atoms with Crippen molar-refractivity contribution in [3.05, 3.63) is 29.8 Å². The van der Waals surface area contributed by atoms with E-state index in [2.05, 4.69) is 0 Å². The van der Waals surface area contributed by atoms with Gasteiger partial charge in [0.2, 0.25) is 5.91 Å². The van der Waals surface area contributed by atoms with Crippen molar-refractivity contribution < 1.29 is 13.9 Å². The Kier molecular flexibility index (Phi) is 1.89. The lowest BCUT2D eigenvalue weighted by atomic mass is 10.1. The van der Waals surface area contributed by atoms with Crippen LogP contribution in [0.4, 0.5) is 0 Å². The fraction of sp³-hybridized carbons (Fsp3) is 0.100. The first-order valence-electron chi connectivity index (χ1n) is 4.08. The van der Waals surface area contributed by atoms with Crippen molar-refractivity contribution in [2.24, 2.45) is 5.73 Å². The maximum atomic E-state index is 11.1. The van der Waals surface area contributed by atoms with Crippen LogP contribution < -0.4 is 10.5 Å². The van der Waals surface area contributed by atoms with Gasteiger partial charge in [-0.15, -0.1) is 0 Å². The predicted molar refractivity (Wildman–Crippen MR) is 51.3 cm³/mol. The summed E-state index contributed by atoms with van der Waals surface area (Å²) in [7, 11) is 1.50. The summed E-state index contributed by atoms with van der Waals surface area (Å²) in [5.41, 5.74) is 6.24. The lowest BCUT2D eigenvalue weighted by Crippen LogP contribution is -2.10. The average Bonchev–Trinajstić information content (AvgIpc) is 2.59. The van der Waals surface area contributed by atoms with Crippen LogP contribution in [-0.2, 0) is 0 Å². The van der Waals surface area contributed by atoms with Gasteiger partial charge in [-0.25, -0.2) is 0 Å². The molecule has 0 spiro atoms. The number of ether oxygens (including phenoxy) is 1. The molecule has 0 saturated heterocycles. The molecule has 1 aromatic carbocycles. The standard InChI is InChI=1S/C10H9NO3/c1-13-9-5-7-6(10(11)12)3-2-4-8(7)14-9/h2-5H,1H3,(H2,11,12). The molecule has 0 aliphatic carbocycles. The molecular formula is C10H9NO3. The highest BCUT2D eigenvalue weighted by Crippen LogP contribution is 2.27. The highest BCUT2D eigenvalue weighted by molar-refractivity contribution is 6.05. The average molecular weight is 191 g/mol. The van der Waals surface area contributed by atoms with Crippen LogP contribution in [0.3, 0.4) is 0 Å². The van der Waals surface area contributed by atoms with Crippen molar-refractivity contribution >= 4 is 16.9 Å². The van der Waals surface area contributed by atoms with Gasteiger partial charge in [-0.2, -0.15) is 0 Å². The van der Waals surface area contributed by atoms with Crippen molar-refractivity contribution in [1.82, 2.24) is 0 Å². The molecule has 0 aliphatic heterocycles. The Morgan fingerprint density at radius 1 is 1.50 bits per heavy atom. The largest absolute Gasteiger partial charge is 0.468 e. The first kappa shape index (κ1) is 8.62. The summed E-state index contributed by atoms with van der Waals surface area (Å²) >= 11 is 0. The number of nitrogens with two attached hydrogens (primary N) is 1. The minimum atomic E-state index is -0.473. The number of benzene rings is 1. The molecule has 1 aromatic heterocycles. The van der Waals surface area contributed by atoms with E-state index in [0.717, 1.165) is 0 Å². The summed E-state index contributed by atoms with van der Waals surface area (Å²) in [4.78, 5) is 11.1. The third-order valence-electron chi connectivity index (χ3n) is 2.01. The van der Waals surface area contributed by atoms with Crippen LogP contribution >= 0.6 is 0 Å². The van der Waals surface area contributed by atoms with E-state index >= 15 is 0 Å². The first-order valence-corrected chi connectivity index (χ1v) is 4.08. The maximum absolute atomic E-state index is 11.1. The summed E-state index contributed by atoms with van der Waals surface area (Å²) in [6.45, 7) is 0. The molecule has 14 heavy (non-hydrogen) atoms. The SMILES string of the molecule is COc1cc2c(C(N)=O)cccc2o1. The summed E-state index contributed by atoms with van der Waals surface area (Å²) in [6.07, 6.45) is 0. The molecule has 1 amide bonds. The van der Waals surface area contributed by atoms with Crippen LogP contribution in [0, 0.1) is 0 Å². The van der Waals surface area contributed by atoms with Gasteiger partial charge in [-0.1, -0.05) is 6.07 Å².